The molecule has 0 bridgehead atoms. The fourth-order valence-corrected chi connectivity index (χ4v) is 3.30. The zero-order valence-corrected chi connectivity index (χ0v) is 15.7. The summed E-state index contributed by atoms with van der Waals surface area (Å²) in [6.45, 7) is 1.99. The number of hydrogen-bond donors (Lipinski definition) is 2. The first-order valence-electron chi connectivity index (χ1n) is 9.25. The van der Waals surface area contributed by atoms with Gasteiger partial charge in [-0.2, -0.15) is 5.26 Å². The molecule has 1 aliphatic heterocycles. The van der Waals surface area contributed by atoms with Gasteiger partial charge in [-0.05, 0) is 37.1 Å². The van der Waals surface area contributed by atoms with Gasteiger partial charge in [0.05, 0.1) is 10.6 Å². The van der Waals surface area contributed by atoms with Crippen LogP contribution in [0.25, 0.3) is 0 Å². The smallest absolute Gasteiger partial charge is 0.293 e. The van der Waals surface area contributed by atoms with Crippen molar-refractivity contribution in [3.63, 3.8) is 0 Å². The number of nitrogens with zero attached hydrogens (tertiary/aromatic N) is 3. The zero-order valence-electron chi connectivity index (χ0n) is 15.7. The SMILES string of the molecule is N#Cc1c(F)cccc1NCCNC(=O)c1ccc(N2CCCC2)c([N+](=O)[O-])c1. The Kier molecular flexibility index (Phi) is 6.24. The van der Waals surface area contributed by atoms with Gasteiger partial charge in [-0.15, -0.1) is 0 Å². The van der Waals surface area contributed by atoms with Crippen LogP contribution in [0.4, 0.5) is 21.5 Å². The van der Waals surface area contributed by atoms with Crippen LogP contribution in [0.2, 0.25) is 0 Å². The highest BCUT2D eigenvalue weighted by Gasteiger charge is 2.23. The van der Waals surface area contributed by atoms with Crippen molar-refractivity contribution in [2.45, 2.75) is 12.8 Å². The summed E-state index contributed by atoms with van der Waals surface area (Å²) in [5.74, 6) is -1.06. The molecule has 29 heavy (non-hydrogen) atoms. The third kappa shape index (κ3) is 4.60. The van der Waals surface area contributed by atoms with Gasteiger partial charge in [0.2, 0.25) is 0 Å². The summed E-state index contributed by atoms with van der Waals surface area (Å²) in [6.07, 6.45) is 1.98. The van der Waals surface area contributed by atoms with Crippen molar-refractivity contribution in [1.82, 2.24) is 5.32 Å². The highest BCUT2D eigenvalue weighted by molar-refractivity contribution is 5.95. The number of carbonyl (C=O) groups excluding carboxylic acids is 1. The van der Waals surface area contributed by atoms with Gasteiger partial charge in [-0.25, -0.2) is 4.39 Å². The Bertz CT molecular complexity index is 967. The maximum atomic E-state index is 13.6. The molecule has 0 radical (unpaired) electrons. The number of anilines is 2. The van der Waals surface area contributed by atoms with Crippen molar-refractivity contribution in [2.75, 3.05) is 36.4 Å². The van der Waals surface area contributed by atoms with Crippen LogP contribution < -0.4 is 15.5 Å². The Morgan fingerprint density at radius 3 is 2.69 bits per heavy atom. The maximum Gasteiger partial charge on any atom is 0.293 e. The van der Waals surface area contributed by atoms with Gasteiger partial charge < -0.3 is 15.5 Å². The molecule has 2 aromatic rings. The van der Waals surface area contributed by atoms with E-state index in [0.29, 0.717) is 11.4 Å². The van der Waals surface area contributed by atoms with Gasteiger partial charge in [0.25, 0.3) is 11.6 Å². The predicted molar refractivity (Wildman–Crippen MR) is 106 cm³/mol. The fraction of sp³-hybridized carbons (Fsp3) is 0.300. The zero-order chi connectivity index (χ0) is 20.8. The molecule has 2 N–H and O–H groups in total. The molecule has 0 unspecified atom stereocenters. The molecule has 3 rings (SSSR count). The topological polar surface area (TPSA) is 111 Å². The van der Waals surface area contributed by atoms with Crippen molar-refractivity contribution in [1.29, 1.82) is 5.26 Å². The van der Waals surface area contributed by atoms with E-state index in [1.54, 1.807) is 24.3 Å². The molecule has 0 saturated carbocycles. The third-order valence-corrected chi connectivity index (χ3v) is 4.73. The molecule has 1 amide bonds. The van der Waals surface area contributed by atoms with E-state index in [-0.39, 0.29) is 29.9 Å². The first-order chi connectivity index (χ1) is 14.0. The number of nitro benzene ring substituents is 1. The lowest BCUT2D eigenvalue weighted by atomic mass is 10.1. The monoisotopic (exact) mass is 397 g/mol. The van der Waals surface area contributed by atoms with Crippen LogP contribution in [-0.2, 0) is 0 Å². The third-order valence-electron chi connectivity index (χ3n) is 4.73. The molecule has 0 aliphatic carbocycles. The highest BCUT2D eigenvalue weighted by atomic mass is 19.1. The van der Waals surface area contributed by atoms with Crippen LogP contribution >= 0.6 is 0 Å². The van der Waals surface area contributed by atoms with E-state index in [1.165, 1.54) is 18.2 Å². The van der Waals surface area contributed by atoms with Crippen molar-refractivity contribution >= 4 is 23.0 Å². The Labute approximate surface area is 167 Å². The molecule has 9 heteroatoms. The largest absolute Gasteiger partial charge is 0.382 e. The van der Waals surface area contributed by atoms with Crippen molar-refractivity contribution < 1.29 is 14.1 Å². The number of nitriles is 1. The van der Waals surface area contributed by atoms with Crippen LogP contribution in [0.15, 0.2) is 36.4 Å². The molecule has 0 aromatic heterocycles. The second-order valence-corrected chi connectivity index (χ2v) is 6.61. The first kappa shape index (κ1) is 20.1. The molecule has 1 heterocycles. The number of carbonyl (C=O) groups is 1. The normalized spacial score (nSPS) is 13.0. The summed E-state index contributed by atoms with van der Waals surface area (Å²) < 4.78 is 13.6. The van der Waals surface area contributed by atoms with E-state index >= 15 is 0 Å². The highest BCUT2D eigenvalue weighted by Crippen LogP contribution is 2.31. The maximum absolute atomic E-state index is 13.6. The van der Waals surface area contributed by atoms with Gasteiger partial charge in [0.1, 0.15) is 23.1 Å². The lowest BCUT2D eigenvalue weighted by Gasteiger charge is -2.17. The van der Waals surface area contributed by atoms with Crippen molar-refractivity contribution in [3.05, 3.63) is 63.5 Å². The van der Waals surface area contributed by atoms with E-state index < -0.39 is 16.6 Å². The molecular weight excluding hydrogens is 377 g/mol. The van der Waals surface area contributed by atoms with Crippen molar-refractivity contribution in [2.24, 2.45) is 0 Å². The molecular formula is C20H20FN5O3. The number of benzene rings is 2. The first-order valence-corrected chi connectivity index (χ1v) is 9.25. The van der Waals surface area contributed by atoms with E-state index in [0.717, 1.165) is 25.9 Å². The minimum absolute atomic E-state index is 0.0869. The minimum atomic E-state index is -0.619. The number of rotatable bonds is 7. The number of hydrogen-bond acceptors (Lipinski definition) is 6. The summed E-state index contributed by atoms with van der Waals surface area (Å²) in [4.78, 5) is 25.3. The minimum Gasteiger partial charge on any atom is -0.382 e. The summed E-state index contributed by atoms with van der Waals surface area (Å²) in [7, 11) is 0. The Hall–Kier alpha value is -3.67. The number of nitro groups is 1. The molecule has 1 saturated heterocycles. The number of amides is 1. The number of nitrogens with one attached hydrogen (secondary N) is 2. The van der Waals surface area contributed by atoms with Gasteiger partial charge in [0, 0.05) is 37.8 Å². The van der Waals surface area contributed by atoms with Crippen LogP contribution in [0.3, 0.4) is 0 Å². The molecule has 2 aromatic carbocycles. The van der Waals surface area contributed by atoms with E-state index in [4.69, 9.17) is 5.26 Å². The average Bonchev–Trinajstić information content (AvgIpc) is 3.25. The quantitative estimate of drug-likeness (QED) is 0.422. The average molecular weight is 397 g/mol. The lowest BCUT2D eigenvalue weighted by Crippen LogP contribution is -2.29. The summed E-state index contributed by atoms with van der Waals surface area (Å²) in [5.41, 5.74) is 0.888. The number of halogens is 1. The lowest BCUT2D eigenvalue weighted by molar-refractivity contribution is -0.384. The molecule has 0 spiro atoms. The second-order valence-electron chi connectivity index (χ2n) is 6.61. The molecule has 0 atom stereocenters. The Balaban J connectivity index is 1.61. The van der Waals surface area contributed by atoms with E-state index in [9.17, 15) is 19.3 Å². The fourth-order valence-electron chi connectivity index (χ4n) is 3.30. The van der Waals surface area contributed by atoms with Gasteiger partial charge in [-0.3, -0.25) is 14.9 Å². The summed E-state index contributed by atoms with van der Waals surface area (Å²) in [6, 6.07) is 10.5. The van der Waals surface area contributed by atoms with Crippen LogP contribution in [0, 0.1) is 27.3 Å². The Morgan fingerprint density at radius 2 is 2.00 bits per heavy atom. The van der Waals surface area contributed by atoms with E-state index in [2.05, 4.69) is 10.6 Å². The predicted octanol–water partition coefficient (Wildman–Crippen LogP) is 3.05. The molecule has 1 fully saturated rings. The Morgan fingerprint density at radius 1 is 1.24 bits per heavy atom. The second kappa shape index (κ2) is 9.01. The molecule has 1 aliphatic rings. The van der Waals surface area contributed by atoms with Gasteiger partial charge >= 0.3 is 0 Å². The van der Waals surface area contributed by atoms with Crippen LogP contribution in [0.1, 0.15) is 28.8 Å². The summed E-state index contributed by atoms with van der Waals surface area (Å²) in [5, 5.41) is 26.0. The van der Waals surface area contributed by atoms with Crippen molar-refractivity contribution in [3.8, 4) is 6.07 Å². The van der Waals surface area contributed by atoms with Gasteiger partial charge in [-0.1, -0.05) is 6.07 Å². The summed E-state index contributed by atoms with van der Waals surface area (Å²) >= 11 is 0. The molecule has 8 nitrogen and oxygen atoms in total. The van der Waals surface area contributed by atoms with E-state index in [1.807, 2.05) is 4.90 Å². The standard InChI is InChI=1S/C20H20FN5O3/c21-16-4-3-5-17(15(16)13-22)23-8-9-24-20(27)14-6-7-18(19(12-14)26(28)29)25-10-1-2-11-25/h3-7,12,23H,1-2,8-11H2,(H,24,27). The van der Waals surface area contributed by atoms with Crippen LogP contribution in [0.5, 0.6) is 0 Å². The molecule has 150 valence electrons. The van der Waals surface area contributed by atoms with Gasteiger partial charge in [0.15, 0.2) is 0 Å². The van der Waals surface area contributed by atoms with Crippen LogP contribution in [-0.4, -0.2) is 37.0 Å².